The smallest absolute Gasteiger partial charge is 0.273 e. The molecule has 7 nitrogen and oxygen atoms in total. The highest BCUT2D eigenvalue weighted by Gasteiger charge is 2.33. The average Bonchev–Trinajstić information content (AvgIpc) is 3.27. The maximum absolute atomic E-state index is 13.6. The first-order chi connectivity index (χ1) is 15.7. The van der Waals surface area contributed by atoms with Crippen molar-refractivity contribution in [2.24, 2.45) is 0 Å². The first-order valence-electron chi connectivity index (χ1n) is 11.1. The Bertz CT molecular complexity index is 1100. The molecule has 3 heterocycles. The Morgan fingerprint density at radius 3 is 2.81 bits per heavy atom. The molecule has 1 aromatic heterocycles. The molecular formula is C24H27N3O4S. The Morgan fingerprint density at radius 1 is 1.19 bits per heavy atom. The molecule has 168 valence electrons. The van der Waals surface area contributed by atoms with Crippen LogP contribution in [0.5, 0.6) is 11.5 Å². The Kier molecular flexibility index (Phi) is 6.25. The van der Waals surface area contributed by atoms with Crippen LogP contribution in [0.2, 0.25) is 0 Å². The molecule has 0 bridgehead atoms. The summed E-state index contributed by atoms with van der Waals surface area (Å²) in [4.78, 5) is 22.5. The average molecular weight is 454 g/mol. The van der Waals surface area contributed by atoms with Gasteiger partial charge in [0.15, 0.2) is 16.6 Å². The minimum absolute atomic E-state index is 0.123. The van der Waals surface area contributed by atoms with Crippen molar-refractivity contribution in [3.8, 4) is 11.5 Å². The van der Waals surface area contributed by atoms with Crippen molar-refractivity contribution in [2.45, 2.75) is 19.4 Å². The molecule has 1 atom stereocenters. The van der Waals surface area contributed by atoms with Gasteiger partial charge in [-0.25, -0.2) is 4.98 Å². The quantitative estimate of drug-likeness (QED) is 0.570. The lowest BCUT2D eigenvalue weighted by atomic mass is 10.2. The summed E-state index contributed by atoms with van der Waals surface area (Å²) in [5, 5.41) is 0.703. The predicted octanol–water partition coefficient (Wildman–Crippen LogP) is 3.36. The van der Waals surface area contributed by atoms with E-state index in [9.17, 15) is 4.79 Å². The van der Waals surface area contributed by atoms with Crippen molar-refractivity contribution in [1.29, 1.82) is 0 Å². The van der Waals surface area contributed by atoms with Gasteiger partial charge < -0.3 is 14.2 Å². The number of carbonyl (C=O) groups is 1. The lowest BCUT2D eigenvalue weighted by molar-refractivity contribution is -0.127. The normalized spacial score (nSPS) is 18.6. The zero-order valence-corrected chi connectivity index (χ0v) is 19.0. The number of benzene rings is 2. The molecule has 1 saturated heterocycles. The number of para-hydroxylation sites is 2. The fourth-order valence-corrected chi connectivity index (χ4v) is 5.03. The number of aryl methyl sites for hydroxylation is 1. The lowest BCUT2D eigenvalue weighted by Gasteiger charge is -2.32. The molecule has 5 rings (SSSR count). The van der Waals surface area contributed by atoms with Crippen molar-refractivity contribution in [3.05, 3.63) is 48.0 Å². The predicted molar refractivity (Wildman–Crippen MR) is 125 cm³/mol. The number of carbonyl (C=O) groups excluding carboxylic acids is 1. The van der Waals surface area contributed by atoms with Gasteiger partial charge in [-0.3, -0.25) is 14.6 Å². The standard InChI is InChI=1S/C24H27N3O4S/c1-2-17-7-8-18-22(15-17)32-24(25-18)27(10-9-26-11-13-29-14-12-26)23(28)21-16-30-19-5-3-4-6-20(19)31-21/h3-8,15,21H,2,9-14,16H2,1H3/t21-/m0/s1. The van der Waals surface area contributed by atoms with Gasteiger partial charge in [0.1, 0.15) is 6.61 Å². The number of morpholine rings is 1. The van der Waals surface area contributed by atoms with Crippen LogP contribution >= 0.6 is 11.3 Å². The topological polar surface area (TPSA) is 64.1 Å². The van der Waals surface area contributed by atoms with E-state index in [4.69, 9.17) is 19.2 Å². The summed E-state index contributed by atoms with van der Waals surface area (Å²) in [7, 11) is 0. The van der Waals surface area contributed by atoms with E-state index >= 15 is 0 Å². The number of rotatable bonds is 6. The second kappa shape index (κ2) is 9.44. The van der Waals surface area contributed by atoms with Gasteiger partial charge in [0.2, 0.25) is 6.10 Å². The van der Waals surface area contributed by atoms with E-state index in [2.05, 4.69) is 24.0 Å². The monoisotopic (exact) mass is 453 g/mol. The van der Waals surface area contributed by atoms with Crippen LogP contribution in [0, 0.1) is 0 Å². The third-order valence-electron chi connectivity index (χ3n) is 5.87. The number of amides is 1. The number of thiazole rings is 1. The second-order valence-corrected chi connectivity index (χ2v) is 8.97. The summed E-state index contributed by atoms with van der Waals surface area (Å²) in [6.07, 6.45) is 0.267. The summed E-state index contributed by atoms with van der Waals surface area (Å²) in [6.45, 7) is 6.83. The fourth-order valence-electron chi connectivity index (χ4n) is 3.97. The van der Waals surface area contributed by atoms with E-state index in [0.29, 0.717) is 23.2 Å². The van der Waals surface area contributed by atoms with E-state index in [1.165, 1.54) is 5.56 Å². The fraction of sp³-hybridized carbons (Fsp3) is 0.417. The highest BCUT2D eigenvalue weighted by atomic mass is 32.1. The second-order valence-electron chi connectivity index (χ2n) is 7.96. The van der Waals surface area contributed by atoms with Crippen LogP contribution in [0.1, 0.15) is 12.5 Å². The van der Waals surface area contributed by atoms with Crippen molar-refractivity contribution < 1.29 is 19.0 Å². The van der Waals surface area contributed by atoms with E-state index in [1.807, 2.05) is 30.3 Å². The molecule has 2 aliphatic heterocycles. The van der Waals surface area contributed by atoms with Gasteiger partial charge in [-0.2, -0.15) is 0 Å². The highest BCUT2D eigenvalue weighted by Crippen LogP contribution is 2.34. The number of fused-ring (bicyclic) bond motifs is 2. The minimum atomic E-state index is -0.701. The molecular weight excluding hydrogens is 426 g/mol. The van der Waals surface area contributed by atoms with Gasteiger partial charge in [-0.1, -0.05) is 36.5 Å². The highest BCUT2D eigenvalue weighted by molar-refractivity contribution is 7.22. The lowest BCUT2D eigenvalue weighted by Crippen LogP contribution is -2.49. The van der Waals surface area contributed by atoms with Gasteiger partial charge >= 0.3 is 0 Å². The summed E-state index contributed by atoms with van der Waals surface area (Å²) < 4.78 is 18.4. The molecule has 1 amide bonds. The van der Waals surface area contributed by atoms with Crippen LogP contribution < -0.4 is 14.4 Å². The van der Waals surface area contributed by atoms with Gasteiger partial charge in [0, 0.05) is 26.2 Å². The van der Waals surface area contributed by atoms with Gasteiger partial charge in [0.05, 0.1) is 23.4 Å². The summed E-state index contributed by atoms with van der Waals surface area (Å²) in [6, 6.07) is 13.8. The molecule has 2 aromatic carbocycles. The number of aromatic nitrogens is 1. The van der Waals surface area contributed by atoms with Gasteiger partial charge in [0.25, 0.3) is 5.91 Å². The molecule has 2 aliphatic rings. The van der Waals surface area contributed by atoms with E-state index in [0.717, 1.165) is 49.5 Å². The molecule has 0 radical (unpaired) electrons. The number of ether oxygens (including phenoxy) is 3. The van der Waals surface area contributed by atoms with E-state index in [1.54, 1.807) is 16.2 Å². The Morgan fingerprint density at radius 2 is 2.00 bits per heavy atom. The van der Waals surface area contributed by atoms with Crippen LogP contribution in [0.4, 0.5) is 5.13 Å². The molecule has 0 saturated carbocycles. The van der Waals surface area contributed by atoms with Crippen LogP contribution in [0.25, 0.3) is 10.2 Å². The maximum Gasteiger partial charge on any atom is 0.273 e. The molecule has 1 fully saturated rings. The largest absolute Gasteiger partial charge is 0.485 e. The van der Waals surface area contributed by atoms with Crippen LogP contribution in [-0.2, 0) is 16.0 Å². The van der Waals surface area contributed by atoms with Gasteiger partial charge in [-0.15, -0.1) is 0 Å². The Balaban J connectivity index is 1.40. The number of nitrogens with zero attached hydrogens (tertiary/aromatic N) is 3. The van der Waals surface area contributed by atoms with Crippen molar-refractivity contribution in [1.82, 2.24) is 9.88 Å². The Labute approximate surface area is 191 Å². The molecule has 0 aliphatic carbocycles. The Hall–Kier alpha value is -2.68. The van der Waals surface area contributed by atoms with Crippen molar-refractivity contribution >= 4 is 32.6 Å². The molecule has 0 N–H and O–H groups in total. The molecule has 32 heavy (non-hydrogen) atoms. The van der Waals surface area contributed by atoms with Crippen molar-refractivity contribution in [2.75, 3.05) is 50.9 Å². The van der Waals surface area contributed by atoms with Crippen LogP contribution in [0.3, 0.4) is 0 Å². The maximum atomic E-state index is 13.6. The zero-order valence-electron chi connectivity index (χ0n) is 18.2. The number of anilines is 1. The van der Waals surface area contributed by atoms with Crippen LogP contribution in [-0.4, -0.2) is 67.9 Å². The van der Waals surface area contributed by atoms with E-state index < -0.39 is 6.10 Å². The first kappa shape index (κ1) is 21.2. The minimum Gasteiger partial charge on any atom is -0.485 e. The van der Waals surface area contributed by atoms with E-state index in [-0.39, 0.29) is 12.5 Å². The van der Waals surface area contributed by atoms with Crippen molar-refractivity contribution in [3.63, 3.8) is 0 Å². The molecule has 0 unspecified atom stereocenters. The molecule has 0 spiro atoms. The zero-order chi connectivity index (χ0) is 21.9. The molecule has 8 heteroatoms. The third kappa shape index (κ3) is 4.44. The first-order valence-corrected chi connectivity index (χ1v) is 11.9. The van der Waals surface area contributed by atoms with Crippen LogP contribution in [0.15, 0.2) is 42.5 Å². The summed E-state index contributed by atoms with van der Waals surface area (Å²) in [5.74, 6) is 1.15. The molecule has 3 aromatic rings. The number of hydrogen-bond acceptors (Lipinski definition) is 7. The third-order valence-corrected chi connectivity index (χ3v) is 6.92. The van der Waals surface area contributed by atoms with Gasteiger partial charge in [-0.05, 0) is 36.2 Å². The SMILES string of the molecule is CCc1ccc2nc(N(CCN3CCOCC3)C(=O)[C@@H]3COc4ccccc4O3)sc2c1. The number of hydrogen-bond donors (Lipinski definition) is 0. The summed E-state index contributed by atoms with van der Waals surface area (Å²) >= 11 is 1.55. The summed E-state index contributed by atoms with van der Waals surface area (Å²) in [5.41, 5.74) is 2.18.